The molecule has 0 bridgehead atoms. The zero-order chi connectivity index (χ0) is 10.6. The Morgan fingerprint density at radius 1 is 1.38 bits per heavy atom. The Labute approximate surface area is 109 Å². The Morgan fingerprint density at radius 3 is 2.44 bits per heavy atom. The third kappa shape index (κ3) is 7.06. The van der Waals surface area contributed by atoms with Gasteiger partial charge in [0.2, 0.25) is 0 Å². The largest absolute Gasteiger partial charge is 0.374 e. The Hall–Kier alpha value is -0.290. The van der Waals surface area contributed by atoms with E-state index in [9.17, 15) is 0 Å². The van der Waals surface area contributed by atoms with Gasteiger partial charge < -0.3 is 10.5 Å². The average Bonchev–Trinajstić information content (AvgIpc) is 2.50. The molecule has 1 rings (SSSR count). The second kappa shape index (κ2) is 7.90. The maximum atomic E-state index is 5.58. The fourth-order valence-corrected chi connectivity index (χ4v) is 1.08. The van der Waals surface area contributed by atoms with Crippen LogP contribution in [0, 0.1) is 0 Å². The Morgan fingerprint density at radius 2 is 2.00 bits per heavy atom. The smallest absolute Gasteiger partial charge is 0.0669 e. The van der Waals surface area contributed by atoms with E-state index in [1.165, 1.54) is 0 Å². The summed E-state index contributed by atoms with van der Waals surface area (Å²) < 4.78 is 7.44. The molecule has 0 amide bonds. The minimum atomic E-state index is -0.0795. The fourth-order valence-electron chi connectivity index (χ4n) is 1.08. The molecule has 2 N–H and O–H groups in total. The summed E-state index contributed by atoms with van der Waals surface area (Å²) in [4.78, 5) is 0. The van der Waals surface area contributed by atoms with Gasteiger partial charge in [-0.05, 0) is 20.8 Å². The molecule has 0 saturated heterocycles. The summed E-state index contributed by atoms with van der Waals surface area (Å²) in [6, 6.07) is 0. The van der Waals surface area contributed by atoms with Crippen LogP contribution in [0.5, 0.6) is 0 Å². The number of hydrogen-bond donors (Lipinski definition) is 1. The van der Waals surface area contributed by atoms with E-state index in [-0.39, 0.29) is 30.4 Å². The van der Waals surface area contributed by atoms with Gasteiger partial charge in [-0.2, -0.15) is 5.10 Å². The lowest BCUT2D eigenvalue weighted by Crippen LogP contribution is -2.22. The van der Waals surface area contributed by atoms with Crippen LogP contribution in [0.4, 0.5) is 0 Å². The van der Waals surface area contributed by atoms with Crippen molar-refractivity contribution < 1.29 is 4.74 Å². The molecule has 0 aromatic carbocycles. The second-order valence-corrected chi connectivity index (χ2v) is 4.28. The zero-order valence-electron chi connectivity index (χ0n) is 9.97. The van der Waals surface area contributed by atoms with E-state index >= 15 is 0 Å². The first-order valence-corrected chi connectivity index (χ1v) is 4.86. The van der Waals surface area contributed by atoms with Crippen molar-refractivity contribution in [2.24, 2.45) is 5.73 Å². The van der Waals surface area contributed by atoms with E-state index in [4.69, 9.17) is 10.5 Å². The SMILES string of the molecule is CC(C)(C)OCCn1cc(CN)cn1.Cl.Cl. The number of ether oxygens (including phenoxy) is 1. The highest BCUT2D eigenvalue weighted by Gasteiger charge is 2.09. The molecular formula is C10H21Cl2N3O. The molecule has 0 atom stereocenters. The maximum Gasteiger partial charge on any atom is 0.0669 e. The molecule has 6 heteroatoms. The molecular weight excluding hydrogens is 249 g/mol. The van der Waals surface area contributed by atoms with Crippen LogP contribution in [0.1, 0.15) is 26.3 Å². The topological polar surface area (TPSA) is 53.1 Å². The lowest BCUT2D eigenvalue weighted by Gasteiger charge is -2.19. The van der Waals surface area contributed by atoms with E-state index in [0.29, 0.717) is 13.2 Å². The van der Waals surface area contributed by atoms with Gasteiger partial charge in [-0.15, -0.1) is 24.8 Å². The van der Waals surface area contributed by atoms with Gasteiger partial charge in [0.05, 0.1) is 24.9 Å². The van der Waals surface area contributed by atoms with Gasteiger partial charge in [-0.1, -0.05) is 0 Å². The summed E-state index contributed by atoms with van der Waals surface area (Å²) in [6.07, 6.45) is 3.74. The van der Waals surface area contributed by atoms with Crippen LogP contribution in [0.15, 0.2) is 12.4 Å². The van der Waals surface area contributed by atoms with Crippen LogP contribution in [0.2, 0.25) is 0 Å². The fraction of sp³-hybridized carbons (Fsp3) is 0.700. The molecule has 4 nitrogen and oxygen atoms in total. The van der Waals surface area contributed by atoms with E-state index in [1.54, 1.807) is 6.20 Å². The van der Waals surface area contributed by atoms with Crippen molar-refractivity contribution in [3.05, 3.63) is 18.0 Å². The molecule has 16 heavy (non-hydrogen) atoms. The second-order valence-electron chi connectivity index (χ2n) is 4.28. The van der Waals surface area contributed by atoms with E-state index in [1.807, 2.05) is 31.6 Å². The van der Waals surface area contributed by atoms with Gasteiger partial charge in [0.15, 0.2) is 0 Å². The number of hydrogen-bond acceptors (Lipinski definition) is 3. The molecule has 0 aliphatic heterocycles. The highest BCUT2D eigenvalue weighted by molar-refractivity contribution is 5.85. The van der Waals surface area contributed by atoms with Crippen molar-refractivity contribution in [3.8, 4) is 0 Å². The van der Waals surface area contributed by atoms with Crippen LogP contribution in [-0.2, 0) is 17.8 Å². The van der Waals surface area contributed by atoms with Gasteiger partial charge in [-0.3, -0.25) is 4.68 Å². The molecule has 0 aliphatic carbocycles. The average molecular weight is 270 g/mol. The minimum absolute atomic E-state index is 0. The number of halogens is 2. The lowest BCUT2D eigenvalue weighted by molar-refractivity contribution is -0.00789. The van der Waals surface area contributed by atoms with Crippen LogP contribution in [0.25, 0.3) is 0 Å². The highest BCUT2D eigenvalue weighted by Crippen LogP contribution is 2.06. The molecule has 0 aliphatic rings. The molecule has 1 aromatic heterocycles. The Kier molecular flexibility index (Phi) is 8.93. The number of aromatic nitrogens is 2. The van der Waals surface area contributed by atoms with Crippen LogP contribution in [0.3, 0.4) is 0 Å². The molecule has 1 aromatic rings. The quantitative estimate of drug-likeness (QED) is 0.910. The third-order valence-electron chi connectivity index (χ3n) is 1.78. The Bertz CT molecular complexity index is 284. The van der Waals surface area contributed by atoms with Gasteiger partial charge in [0.1, 0.15) is 0 Å². The number of nitrogens with two attached hydrogens (primary N) is 1. The third-order valence-corrected chi connectivity index (χ3v) is 1.78. The van der Waals surface area contributed by atoms with Gasteiger partial charge >= 0.3 is 0 Å². The van der Waals surface area contributed by atoms with Gasteiger partial charge in [0, 0.05) is 18.3 Å². The summed E-state index contributed by atoms with van der Waals surface area (Å²) in [5.74, 6) is 0. The number of nitrogens with zero attached hydrogens (tertiary/aromatic N) is 2. The normalized spacial score (nSPS) is 10.5. The summed E-state index contributed by atoms with van der Waals surface area (Å²) in [6.45, 7) is 8.12. The van der Waals surface area contributed by atoms with Crippen LogP contribution >= 0.6 is 24.8 Å². The molecule has 0 radical (unpaired) electrons. The maximum absolute atomic E-state index is 5.58. The predicted molar refractivity (Wildman–Crippen MR) is 70.3 cm³/mol. The van der Waals surface area contributed by atoms with E-state index < -0.39 is 0 Å². The Balaban J connectivity index is 0. The van der Waals surface area contributed by atoms with E-state index in [0.717, 1.165) is 12.1 Å². The molecule has 0 saturated carbocycles. The minimum Gasteiger partial charge on any atom is -0.374 e. The monoisotopic (exact) mass is 269 g/mol. The van der Waals surface area contributed by atoms with Crippen LogP contribution < -0.4 is 5.73 Å². The first-order chi connectivity index (χ1) is 6.51. The summed E-state index contributed by atoms with van der Waals surface area (Å²) >= 11 is 0. The highest BCUT2D eigenvalue weighted by atomic mass is 35.5. The zero-order valence-corrected chi connectivity index (χ0v) is 11.6. The summed E-state index contributed by atoms with van der Waals surface area (Å²) in [7, 11) is 0. The van der Waals surface area contributed by atoms with Crippen molar-refractivity contribution >= 4 is 24.8 Å². The molecule has 0 unspecified atom stereocenters. The molecule has 0 spiro atoms. The summed E-state index contributed by atoms with van der Waals surface area (Å²) in [5.41, 5.74) is 6.45. The summed E-state index contributed by atoms with van der Waals surface area (Å²) in [5, 5.41) is 4.16. The lowest BCUT2D eigenvalue weighted by atomic mass is 10.2. The van der Waals surface area contributed by atoms with Gasteiger partial charge in [-0.25, -0.2) is 0 Å². The molecule has 0 fully saturated rings. The van der Waals surface area contributed by atoms with E-state index in [2.05, 4.69) is 5.10 Å². The predicted octanol–water partition coefficient (Wildman–Crippen LogP) is 2.00. The standard InChI is InChI=1S/C10H19N3O.2ClH/c1-10(2,3)14-5-4-13-8-9(6-11)7-12-13;;/h7-8H,4-6,11H2,1-3H3;2*1H. The van der Waals surface area contributed by atoms with Crippen molar-refractivity contribution in [2.75, 3.05) is 6.61 Å². The van der Waals surface area contributed by atoms with Crippen LogP contribution in [-0.4, -0.2) is 22.0 Å². The van der Waals surface area contributed by atoms with Crippen molar-refractivity contribution in [1.82, 2.24) is 9.78 Å². The molecule has 96 valence electrons. The van der Waals surface area contributed by atoms with Crippen molar-refractivity contribution in [2.45, 2.75) is 39.5 Å². The molecule has 1 heterocycles. The van der Waals surface area contributed by atoms with Gasteiger partial charge in [0.25, 0.3) is 0 Å². The first-order valence-electron chi connectivity index (χ1n) is 4.86. The van der Waals surface area contributed by atoms with Crippen molar-refractivity contribution in [1.29, 1.82) is 0 Å². The number of rotatable bonds is 4. The van der Waals surface area contributed by atoms with Crippen molar-refractivity contribution in [3.63, 3.8) is 0 Å². The first kappa shape index (κ1) is 18.1.